The molecule has 0 unspecified atom stereocenters. The van der Waals surface area contributed by atoms with Gasteiger partial charge >= 0.3 is 0 Å². The van der Waals surface area contributed by atoms with Crippen LogP contribution < -0.4 is 14.8 Å². The van der Waals surface area contributed by atoms with Gasteiger partial charge in [-0.2, -0.15) is 0 Å². The van der Waals surface area contributed by atoms with Crippen molar-refractivity contribution in [3.63, 3.8) is 0 Å². The van der Waals surface area contributed by atoms with Crippen molar-refractivity contribution >= 4 is 11.6 Å². The van der Waals surface area contributed by atoms with Gasteiger partial charge in [0.2, 0.25) is 0 Å². The first-order valence-corrected chi connectivity index (χ1v) is 7.36. The highest BCUT2D eigenvalue weighted by atomic mass is 35.5. The quantitative estimate of drug-likeness (QED) is 0.558. The average Bonchev–Trinajstić information content (AvgIpc) is 3.19. The minimum Gasteiger partial charge on any atom is -0.493 e. The van der Waals surface area contributed by atoms with Crippen LogP contribution in [0.25, 0.3) is 0 Å². The van der Waals surface area contributed by atoms with Crippen molar-refractivity contribution < 1.29 is 9.47 Å². The number of hydrogen-bond donors (Lipinski definition) is 1. The average molecular weight is 284 g/mol. The standard InChI is InChI=1S/C15H22ClNO2/c1-18-13-4-2-3-5-14(13)19-11-10-17-12-15(6-7-15)8-9-16/h2-5,17H,6-12H2,1H3. The molecule has 106 valence electrons. The van der Waals surface area contributed by atoms with Gasteiger partial charge in [-0.25, -0.2) is 0 Å². The molecule has 1 aromatic carbocycles. The zero-order valence-electron chi connectivity index (χ0n) is 11.5. The number of benzene rings is 1. The number of hydrogen-bond acceptors (Lipinski definition) is 3. The first-order valence-electron chi connectivity index (χ1n) is 6.82. The van der Waals surface area contributed by atoms with Crippen LogP contribution in [-0.2, 0) is 0 Å². The molecule has 1 N–H and O–H groups in total. The van der Waals surface area contributed by atoms with E-state index in [1.807, 2.05) is 24.3 Å². The Morgan fingerprint density at radius 3 is 2.63 bits per heavy atom. The molecule has 0 saturated heterocycles. The highest BCUT2D eigenvalue weighted by Gasteiger charge is 2.40. The number of halogens is 1. The second kappa shape index (κ2) is 7.01. The summed E-state index contributed by atoms with van der Waals surface area (Å²) in [6, 6.07) is 7.72. The van der Waals surface area contributed by atoms with E-state index in [9.17, 15) is 0 Å². The van der Waals surface area contributed by atoms with Crippen molar-refractivity contribution in [2.75, 3.05) is 32.7 Å². The molecule has 3 nitrogen and oxygen atoms in total. The summed E-state index contributed by atoms with van der Waals surface area (Å²) in [7, 11) is 1.66. The molecule has 1 fully saturated rings. The highest BCUT2D eigenvalue weighted by molar-refractivity contribution is 6.17. The van der Waals surface area contributed by atoms with Gasteiger partial charge in [-0.15, -0.1) is 11.6 Å². The third-order valence-electron chi connectivity index (χ3n) is 3.69. The molecule has 0 atom stereocenters. The molecule has 0 aliphatic heterocycles. The van der Waals surface area contributed by atoms with Crippen LogP contribution in [0.4, 0.5) is 0 Å². The summed E-state index contributed by atoms with van der Waals surface area (Å²) in [4.78, 5) is 0. The zero-order chi connectivity index (χ0) is 13.6. The number of methoxy groups -OCH3 is 1. The van der Waals surface area contributed by atoms with Gasteiger partial charge in [0.05, 0.1) is 7.11 Å². The Balaban J connectivity index is 1.64. The number of para-hydroxylation sites is 2. The van der Waals surface area contributed by atoms with Crippen molar-refractivity contribution in [3.8, 4) is 11.5 Å². The third-order valence-corrected chi connectivity index (χ3v) is 3.88. The van der Waals surface area contributed by atoms with Crippen LogP contribution in [0.15, 0.2) is 24.3 Å². The van der Waals surface area contributed by atoms with Gasteiger partial charge in [0.15, 0.2) is 11.5 Å². The fraction of sp³-hybridized carbons (Fsp3) is 0.600. The van der Waals surface area contributed by atoms with Gasteiger partial charge in [0.25, 0.3) is 0 Å². The molecular weight excluding hydrogens is 262 g/mol. The summed E-state index contributed by atoms with van der Waals surface area (Å²) in [5, 5.41) is 3.46. The Labute approximate surface area is 120 Å². The molecule has 1 saturated carbocycles. The summed E-state index contributed by atoms with van der Waals surface area (Å²) in [6.45, 7) is 2.55. The van der Waals surface area contributed by atoms with Gasteiger partial charge in [-0.3, -0.25) is 0 Å². The molecule has 2 rings (SSSR count). The van der Waals surface area contributed by atoms with E-state index in [1.165, 1.54) is 12.8 Å². The SMILES string of the molecule is COc1ccccc1OCCNCC1(CCCl)CC1. The number of alkyl halides is 1. The van der Waals surface area contributed by atoms with Gasteiger partial charge in [-0.05, 0) is 36.8 Å². The Kier molecular flexibility index (Phi) is 5.34. The molecule has 4 heteroatoms. The van der Waals surface area contributed by atoms with Crippen LogP contribution in [0.5, 0.6) is 11.5 Å². The summed E-state index contributed by atoms with van der Waals surface area (Å²) < 4.78 is 10.9. The smallest absolute Gasteiger partial charge is 0.161 e. The topological polar surface area (TPSA) is 30.5 Å². The summed E-state index contributed by atoms with van der Waals surface area (Å²) >= 11 is 5.81. The number of nitrogens with one attached hydrogen (secondary N) is 1. The zero-order valence-corrected chi connectivity index (χ0v) is 12.2. The maximum Gasteiger partial charge on any atom is 0.161 e. The van der Waals surface area contributed by atoms with Crippen LogP contribution in [0.2, 0.25) is 0 Å². The molecule has 0 amide bonds. The van der Waals surface area contributed by atoms with Crippen molar-refractivity contribution in [3.05, 3.63) is 24.3 Å². The van der Waals surface area contributed by atoms with Crippen LogP contribution in [0, 0.1) is 5.41 Å². The van der Waals surface area contributed by atoms with Gasteiger partial charge in [0.1, 0.15) is 6.61 Å². The Morgan fingerprint density at radius 2 is 2.00 bits per heavy atom. The lowest BCUT2D eigenvalue weighted by molar-refractivity contribution is 0.287. The van der Waals surface area contributed by atoms with Crippen molar-refractivity contribution in [1.82, 2.24) is 5.32 Å². The minimum atomic E-state index is 0.478. The molecular formula is C15H22ClNO2. The minimum absolute atomic E-state index is 0.478. The third kappa shape index (κ3) is 4.29. The van der Waals surface area contributed by atoms with E-state index in [0.29, 0.717) is 12.0 Å². The number of rotatable bonds is 9. The van der Waals surface area contributed by atoms with Crippen LogP contribution in [0.3, 0.4) is 0 Å². The van der Waals surface area contributed by atoms with E-state index >= 15 is 0 Å². The number of ether oxygens (including phenoxy) is 2. The lowest BCUT2D eigenvalue weighted by atomic mass is 10.0. The molecule has 0 bridgehead atoms. The lowest BCUT2D eigenvalue weighted by Crippen LogP contribution is -2.28. The Bertz CT molecular complexity index is 393. The van der Waals surface area contributed by atoms with Crippen molar-refractivity contribution in [1.29, 1.82) is 0 Å². The Morgan fingerprint density at radius 1 is 1.26 bits per heavy atom. The van der Waals surface area contributed by atoms with Crippen molar-refractivity contribution in [2.45, 2.75) is 19.3 Å². The van der Waals surface area contributed by atoms with Gasteiger partial charge in [0, 0.05) is 19.0 Å². The summed E-state index contributed by atoms with van der Waals surface area (Å²) in [5.74, 6) is 2.34. The molecule has 1 aliphatic carbocycles. The van der Waals surface area contributed by atoms with Gasteiger partial charge in [-0.1, -0.05) is 12.1 Å². The summed E-state index contributed by atoms with van der Waals surface area (Å²) in [6.07, 6.45) is 3.73. The second-order valence-electron chi connectivity index (χ2n) is 5.12. The summed E-state index contributed by atoms with van der Waals surface area (Å²) in [5.41, 5.74) is 0.478. The first-order chi connectivity index (χ1) is 9.29. The van der Waals surface area contributed by atoms with E-state index in [4.69, 9.17) is 21.1 Å². The second-order valence-corrected chi connectivity index (χ2v) is 5.49. The van der Waals surface area contributed by atoms with Gasteiger partial charge < -0.3 is 14.8 Å². The van der Waals surface area contributed by atoms with Crippen LogP contribution in [-0.4, -0.2) is 32.7 Å². The van der Waals surface area contributed by atoms with Crippen molar-refractivity contribution in [2.24, 2.45) is 5.41 Å². The molecule has 0 aromatic heterocycles. The van der Waals surface area contributed by atoms with E-state index < -0.39 is 0 Å². The normalized spacial score (nSPS) is 16.1. The lowest BCUT2D eigenvalue weighted by Gasteiger charge is -2.15. The van der Waals surface area contributed by atoms with E-state index in [-0.39, 0.29) is 0 Å². The largest absolute Gasteiger partial charge is 0.493 e. The maximum atomic E-state index is 5.81. The first kappa shape index (κ1) is 14.5. The molecule has 0 spiro atoms. The van der Waals surface area contributed by atoms with E-state index in [1.54, 1.807) is 7.11 Å². The molecule has 0 radical (unpaired) electrons. The Hall–Kier alpha value is -0.930. The predicted octanol–water partition coefficient (Wildman–Crippen LogP) is 3.07. The van der Waals surface area contributed by atoms with Crippen LogP contribution in [0.1, 0.15) is 19.3 Å². The maximum absolute atomic E-state index is 5.81. The van der Waals surface area contributed by atoms with E-state index in [0.717, 1.165) is 36.9 Å². The fourth-order valence-corrected chi connectivity index (χ4v) is 2.62. The monoisotopic (exact) mass is 283 g/mol. The highest BCUT2D eigenvalue weighted by Crippen LogP contribution is 2.48. The van der Waals surface area contributed by atoms with Crippen LogP contribution >= 0.6 is 11.6 Å². The van der Waals surface area contributed by atoms with E-state index in [2.05, 4.69) is 5.32 Å². The molecule has 19 heavy (non-hydrogen) atoms. The molecule has 0 heterocycles. The predicted molar refractivity (Wildman–Crippen MR) is 78.4 cm³/mol. The fourth-order valence-electron chi connectivity index (χ4n) is 2.22. The molecule has 1 aliphatic rings. The molecule has 1 aromatic rings.